The summed E-state index contributed by atoms with van der Waals surface area (Å²) in [6.45, 7) is 2.40. The molecule has 1 unspecified atom stereocenters. The summed E-state index contributed by atoms with van der Waals surface area (Å²) in [4.78, 5) is 16.2. The van der Waals surface area contributed by atoms with Gasteiger partial charge in [-0.2, -0.15) is 5.26 Å². The number of halogens is 1. The Bertz CT molecular complexity index is 766. The number of hydrogen-bond donors (Lipinski definition) is 1. The van der Waals surface area contributed by atoms with E-state index in [-0.39, 0.29) is 6.03 Å². The molecule has 5 nitrogen and oxygen atoms in total. The summed E-state index contributed by atoms with van der Waals surface area (Å²) in [6.07, 6.45) is 0. The van der Waals surface area contributed by atoms with Gasteiger partial charge in [0.1, 0.15) is 6.04 Å². The fourth-order valence-corrected chi connectivity index (χ4v) is 3.19. The molecule has 1 aliphatic rings. The van der Waals surface area contributed by atoms with Gasteiger partial charge in [-0.1, -0.05) is 48.0 Å². The van der Waals surface area contributed by atoms with Crippen LogP contribution in [0, 0.1) is 11.3 Å². The summed E-state index contributed by atoms with van der Waals surface area (Å²) in [5, 5.41) is 13.1. The molecule has 0 saturated carbocycles. The van der Waals surface area contributed by atoms with Crippen molar-refractivity contribution in [2.75, 3.05) is 31.5 Å². The largest absolute Gasteiger partial charge is 0.322 e. The van der Waals surface area contributed by atoms with E-state index < -0.39 is 6.04 Å². The number of anilines is 1. The number of amides is 2. The number of piperazine rings is 1. The van der Waals surface area contributed by atoms with Crippen molar-refractivity contribution >= 4 is 23.3 Å². The van der Waals surface area contributed by atoms with Gasteiger partial charge in [0.15, 0.2) is 0 Å². The van der Waals surface area contributed by atoms with Crippen LogP contribution in [0.2, 0.25) is 5.02 Å². The Morgan fingerprint density at radius 2 is 1.68 bits per heavy atom. The molecule has 0 aromatic heterocycles. The second-order valence-electron chi connectivity index (χ2n) is 5.87. The van der Waals surface area contributed by atoms with Gasteiger partial charge >= 0.3 is 6.03 Å². The highest BCUT2D eigenvalue weighted by molar-refractivity contribution is 6.31. The topological polar surface area (TPSA) is 59.4 Å². The summed E-state index contributed by atoms with van der Waals surface area (Å²) < 4.78 is 0. The number of carbonyl (C=O) groups excluding carboxylic acids is 1. The van der Waals surface area contributed by atoms with Gasteiger partial charge in [-0.3, -0.25) is 4.90 Å². The summed E-state index contributed by atoms with van der Waals surface area (Å²) in [5.74, 6) is 0. The van der Waals surface area contributed by atoms with Crippen LogP contribution in [0.5, 0.6) is 0 Å². The molecule has 1 N–H and O–H groups in total. The van der Waals surface area contributed by atoms with Crippen molar-refractivity contribution in [3.63, 3.8) is 0 Å². The molecule has 1 fully saturated rings. The first-order valence-corrected chi connectivity index (χ1v) is 8.56. The van der Waals surface area contributed by atoms with Crippen LogP contribution in [-0.2, 0) is 0 Å². The molecule has 25 heavy (non-hydrogen) atoms. The number of hydrogen-bond acceptors (Lipinski definition) is 3. The minimum atomic E-state index is -0.395. The Balaban J connectivity index is 1.60. The SMILES string of the molecule is N#CC(c1ccccc1Cl)N1CCN(C(=O)Nc2ccccc2)CC1. The average Bonchev–Trinajstić information content (AvgIpc) is 2.65. The molecular weight excluding hydrogens is 336 g/mol. The van der Waals surface area contributed by atoms with Crippen LogP contribution in [0.3, 0.4) is 0 Å². The number of para-hydroxylation sites is 1. The van der Waals surface area contributed by atoms with Gasteiger partial charge in [-0.15, -0.1) is 0 Å². The van der Waals surface area contributed by atoms with Crippen LogP contribution in [-0.4, -0.2) is 42.0 Å². The summed E-state index contributed by atoms with van der Waals surface area (Å²) >= 11 is 6.23. The lowest BCUT2D eigenvalue weighted by Gasteiger charge is -2.37. The molecule has 2 aromatic rings. The lowest BCUT2D eigenvalue weighted by Crippen LogP contribution is -2.50. The van der Waals surface area contributed by atoms with Gasteiger partial charge in [0.2, 0.25) is 0 Å². The molecule has 0 radical (unpaired) electrons. The molecule has 1 saturated heterocycles. The molecule has 2 amide bonds. The second-order valence-corrected chi connectivity index (χ2v) is 6.28. The van der Waals surface area contributed by atoms with Gasteiger partial charge in [0.25, 0.3) is 0 Å². The Morgan fingerprint density at radius 3 is 2.32 bits per heavy atom. The Labute approximate surface area is 152 Å². The maximum Gasteiger partial charge on any atom is 0.321 e. The van der Waals surface area contributed by atoms with Crippen LogP contribution in [0.15, 0.2) is 54.6 Å². The third kappa shape index (κ3) is 4.11. The highest BCUT2D eigenvalue weighted by atomic mass is 35.5. The first-order chi connectivity index (χ1) is 12.2. The number of urea groups is 1. The minimum absolute atomic E-state index is 0.114. The summed E-state index contributed by atoms with van der Waals surface area (Å²) in [7, 11) is 0. The molecular formula is C19H19ClN4O. The van der Waals surface area contributed by atoms with Crippen molar-refractivity contribution in [2.45, 2.75) is 6.04 Å². The Kier molecular flexibility index (Phi) is 5.54. The van der Waals surface area contributed by atoms with Gasteiger partial charge < -0.3 is 10.2 Å². The van der Waals surface area contributed by atoms with Gasteiger partial charge in [-0.25, -0.2) is 4.79 Å². The number of nitrogens with zero attached hydrogens (tertiary/aromatic N) is 3. The zero-order valence-corrected chi connectivity index (χ0v) is 14.5. The zero-order chi connectivity index (χ0) is 17.6. The predicted octanol–water partition coefficient (Wildman–Crippen LogP) is 3.75. The van der Waals surface area contributed by atoms with E-state index in [0.29, 0.717) is 31.2 Å². The number of rotatable bonds is 3. The summed E-state index contributed by atoms with van der Waals surface area (Å²) in [5.41, 5.74) is 1.59. The molecule has 0 aliphatic carbocycles. The standard InChI is InChI=1S/C19H19ClN4O/c20-17-9-5-4-8-16(17)18(14-21)23-10-12-24(13-11-23)19(25)22-15-6-2-1-3-7-15/h1-9,18H,10-13H2,(H,22,25). The van der Waals surface area contributed by atoms with E-state index in [1.807, 2.05) is 48.5 Å². The van der Waals surface area contributed by atoms with Crippen molar-refractivity contribution in [1.29, 1.82) is 5.26 Å². The molecule has 3 rings (SSSR count). The number of nitriles is 1. The van der Waals surface area contributed by atoms with Crippen LogP contribution in [0.1, 0.15) is 11.6 Å². The molecule has 1 atom stereocenters. The van der Waals surface area contributed by atoms with E-state index in [2.05, 4.69) is 16.3 Å². The molecule has 1 heterocycles. The Morgan fingerprint density at radius 1 is 1.04 bits per heavy atom. The van der Waals surface area contributed by atoms with Crippen LogP contribution in [0.4, 0.5) is 10.5 Å². The summed E-state index contributed by atoms with van der Waals surface area (Å²) in [6, 6.07) is 18.6. The fourth-order valence-electron chi connectivity index (χ4n) is 2.95. The van der Waals surface area contributed by atoms with Crippen LogP contribution in [0.25, 0.3) is 0 Å². The zero-order valence-electron chi connectivity index (χ0n) is 13.7. The molecule has 6 heteroatoms. The van der Waals surface area contributed by atoms with E-state index in [9.17, 15) is 10.1 Å². The van der Waals surface area contributed by atoms with Gasteiger partial charge in [-0.05, 0) is 18.2 Å². The molecule has 128 valence electrons. The Hall–Kier alpha value is -2.55. The first-order valence-electron chi connectivity index (χ1n) is 8.18. The van der Waals surface area contributed by atoms with Crippen molar-refractivity contribution in [3.05, 3.63) is 65.2 Å². The van der Waals surface area contributed by atoms with Gasteiger partial charge in [0, 0.05) is 42.5 Å². The van der Waals surface area contributed by atoms with E-state index in [1.54, 1.807) is 11.0 Å². The molecule has 1 aliphatic heterocycles. The third-order valence-electron chi connectivity index (χ3n) is 4.31. The maximum atomic E-state index is 12.3. The minimum Gasteiger partial charge on any atom is -0.322 e. The second kappa shape index (κ2) is 8.02. The highest BCUT2D eigenvalue weighted by Crippen LogP contribution is 2.27. The quantitative estimate of drug-likeness (QED) is 0.913. The lowest BCUT2D eigenvalue weighted by molar-refractivity contribution is 0.131. The smallest absolute Gasteiger partial charge is 0.321 e. The fraction of sp³-hybridized carbons (Fsp3) is 0.263. The number of carbonyl (C=O) groups is 1. The average molecular weight is 355 g/mol. The van der Waals surface area contributed by atoms with Crippen molar-refractivity contribution < 1.29 is 4.79 Å². The van der Waals surface area contributed by atoms with E-state index in [1.165, 1.54) is 0 Å². The molecule has 0 bridgehead atoms. The first kappa shape index (κ1) is 17.3. The lowest BCUT2D eigenvalue weighted by atomic mass is 10.1. The van der Waals surface area contributed by atoms with Crippen LogP contribution < -0.4 is 5.32 Å². The molecule has 2 aromatic carbocycles. The molecule has 0 spiro atoms. The van der Waals surface area contributed by atoms with E-state index in [0.717, 1.165) is 11.3 Å². The number of nitrogens with one attached hydrogen (secondary N) is 1. The normalized spacial score (nSPS) is 16.1. The van der Waals surface area contributed by atoms with Gasteiger partial charge in [0.05, 0.1) is 6.07 Å². The van der Waals surface area contributed by atoms with E-state index in [4.69, 9.17) is 11.6 Å². The monoisotopic (exact) mass is 354 g/mol. The van der Waals surface area contributed by atoms with Crippen molar-refractivity contribution in [1.82, 2.24) is 9.80 Å². The maximum absolute atomic E-state index is 12.3. The highest BCUT2D eigenvalue weighted by Gasteiger charge is 2.28. The third-order valence-corrected chi connectivity index (χ3v) is 4.66. The van der Waals surface area contributed by atoms with Crippen molar-refractivity contribution in [3.8, 4) is 6.07 Å². The van der Waals surface area contributed by atoms with Crippen LogP contribution >= 0.6 is 11.6 Å². The number of benzene rings is 2. The van der Waals surface area contributed by atoms with Crippen molar-refractivity contribution in [2.24, 2.45) is 0 Å². The van der Waals surface area contributed by atoms with E-state index >= 15 is 0 Å². The predicted molar refractivity (Wildman–Crippen MR) is 98.4 cm³/mol.